The number of carbonyl (C=O) groups excluding carboxylic acids is 2. The van der Waals surface area contributed by atoms with Crippen LogP contribution in [0, 0.1) is 0 Å². The summed E-state index contributed by atoms with van der Waals surface area (Å²) in [7, 11) is 3.09. The van der Waals surface area contributed by atoms with Crippen LogP contribution in [-0.4, -0.2) is 80.2 Å². The van der Waals surface area contributed by atoms with Gasteiger partial charge in [0.05, 0.1) is 39.0 Å². The number of benzene rings is 2. The first-order valence-corrected chi connectivity index (χ1v) is 11.8. The number of ether oxygens (including phenoxy) is 3. The van der Waals surface area contributed by atoms with Crippen LogP contribution in [0.2, 0.25) is 0 Å². The zero-order valence-electron chi connectivity index (χ0n) is 20.2. The second kappa shape index (κ2) is 10.0. The topological polar surface area (TPSA) is 102 Å². The Labute approximate surface area is 208 Å². The van der Waals surface area contributed by atoms with Crippen molar-refractivity contribution >= 4 is 22.7 Å². The standard InChI is InChI=1S/C27H28N2O7/c1-33-19-8-6-17(7-9-19)23-22(24(30)21-16-18-4-3-5-20(34-2)26(18)36-21)25(31)27(32)29(23)11-10-28-12-14-35-15-13-28/h3-9,16,23,31H,10-15H2,1-2H3/t23-/m0/s1. The summed E-state index contributed by atoms with van der Waals surface area (Å²) in [5.41, 5.74) is 1.11. The summed E-state index contributed by atoms with van der Waals surface area (Å²) in [6, 6.07) is 13.3. The van der Waals surface area contributed by atoms with Crippen molar-refractivity contribution < 1.29 is 33.3 Å². The molecule has 1 saturated heterocycles. The first-order valence-electron chi connectivity index (χ1n) is 11.8. The number of aliphatic hydroxyl groups is 1. The summed E-state index contributed by atoms with van der Waals surface area (Å²) in [6.45, 7) is 3.74. The number of hydrogen-bond donors (Lipinski definition) is 1. The highest BCUT2D eigenvalue weighted by Gasteiger charge is 2.44. The number of methoxy groups -OCH3 is 2. The lowest BCUT2D eigenvalue weighted by Crippen LogP contribution is -2.43. The van der Waals surface area contributed by atoms with Crippen molar-refractivity contribution in [2.24, 2.45) is 0 Å². The lowest BCUT2D eigenvalue weighted by molar-refractivity contribution is -0.129. The molecular weight excluding hydrogens is 464 g/mol. The summed E-state index contributed by atoms with van der Waals surface area (Å²) >= 11 is 0. The van der Waals surface area contributed by atoms with Crippen LogP contribution >= 0.6 is 0 Å². The van der Waals surface area contributed by atoms with Gasteiger partial charge in [0.15, 0.2) is 22.9 Å². The van der Waals surface area contributed by atoms with Gasteiger partial charge in [-0.3, -0.25) is 14.5 Å². The van der Waals surface area contributed by atoms with E-state index in [4.69, 9.17) is 18.6 Å². The van der Waals surface area contributed by atoms with Crippen molar-refractivity contribution in [3.05, 3.63) is 71.2 Å². The van der Waals surface area contributed by atoms with Crippen molar-refractivity contribution in [2.45, 2.75) is 6.04 Å². The Kier molecular flexibility index (Phi) is 6.67. The molecule has 9 heteroatoms. The predicted molar refractivity (Wildman–Crippen MR) is 131 cm³/mol. The molecule has 0 radical (unpaired) electrons. The monoisotopic (exact) mass is 492 g/mol. The maximum absolute atomic E-state index is 13.7. The number of carbonyl (C=O) groups is 2. The van der Waals surface area contributed by atoms with E-state index in [1.807, 2.05) is 6.07 Å². The average Bonchev–Trinajstić information content (AvgIpc) is 3.47. The van der Waals surface area contributed by atoms with Gasteiger partial charge in [-0.05, 0) is 29.8 Å². The lowest BCUT2D eigenvalue weighted by atomic mass is 9.95. The van der Waals surface area contributed by atoms with E-state index in [1.165, 1.54) is 7.11 Å². The molecule has 5 rings (SSSR count). The second-order valence-electron chi connectivity index (χ2n) is 8.71. The van der Waals surface area contributed by atoms with E-state index in [1.54, 1.807) is 54.5 Å². The van der Waals surface area contributed by atoms with Crippen molar-refractivity contribution in [3.8, 4) is 11.5 Å². The van der Waals surface area contributed by atoms with E-state index in [-0.39, 0.29) is 11.3 Å². The minimum Gasteiger partial charge on any atom is -0.503 e. The molecule has 1 fully saturated rings. The molecule has 0 bridgehead atoms. The minimum atomic E-state index is -0.771. The number of fused-ring (bicyclic) bond motifs is 1. The highest BCUT2D eigenvalue weighted by Crippen LogP contribution is 2.40. The Morgan fingerprint density at radius 2 is 1.81 bits per heavy atom. The van der Waals surface area contributed by atoms with Crippen LogP contribution in [0.5, 0.6) is 11.5 Å². The number of hydrogen-bond acceptors (Lipinski definition) is 8. The van der Waals surface area contributed by atoms with Crippen LogP contribution in [-0.2, 0) is 9.53 Å². The second-order valence-corrected chi connectivity index (χ2v) is 8.71. The highest BCUT2D eigenvalue weighted by atomic mass is 16.5. The number of furan rings is 1. The van der Waals surface area contributed by atoms with Crippen molar-refractivity contribution in [3.63, 3.8) is 0 Å². The molecule has 1 atom stereocenters. The van der Waals surface area contributed by atoms with E-state index < -0.39 is 23.5 Å². The molecule has 0 saturated carbocycles. The number of aliphatic hydroxyl groups excluding tert-OH is 1. The van der Waals surface area contributed by atoms with E-state index in [9.17, 15) is 14.7 Å². The van der Waals surface area contributed by atoms with Gasteiger partial charge in [-0.15, -0.1) is 0 Å². The molecule has 2 aliphatic rings. The van der Waals surface area contributed by atoms with Gasteiger partial charge in [0, 0.05) is 31.6 Å². The SMILES string of the molecule is COc1ccc([C@H]2C(C(=O)c3cc4cccc(OC)c4o3)=C(O)C(=O)N2CCN2CCOCC2)cc1. The zero-order valence-corrected chi connectivity index (χ0v) is 20.2. The van der Waals surface area contributed by atoms with E-state index in [0.717, 1.165) is 13.1 Å². The molecule has 0 spiro atoms. The quantitative estimate of drug-likeness (QED) is 0.478. The molecule has 1 amide bonds. The summed E-state index contributed by atoms with van der Waals surface area (Å²) in [5.74, 6) is -0.526. The van der Waals surface area contributed by atoms with Crippen molar-refractivity contribution in [2.75, 3.05) is 53.6 Å². The molecule has 1 N–H and O–H groups in total. The maximum atomic E-state index is 13.7. The molecule has 188 valence electrons. The minimum absolute atomic E-state index is 0.00910. The molecule has 0 aliphatic carbocycles. The first-order chi connectivity index (χ1) is 17.5. The third-order valence-electron chi connectivity index (χ3n) is 6.69. The number of morpholine rings is 1. The fourth-order valence-electron chi connectivity index (χ4n) is 4.76. The van der Waals surface area contributed by atoms with E-state index in [0.29, 0.717) is 54.3 Å². The summed E-state index contributed by atoms with van der Waals surface area (Å²) in [4.78, 5) is 30.7. The largest absolute Gasteiger partial charge is 0.503 e. The van der Waals surface area contributed by atoms with E-state index in [2.05, 4.69) is 4.90 Å². The fraction of sp³-hybridized carbons (Fsp3) is 0.333. The van der Waals surface area contributed by atoms with Gasteiger partial charge in [0.25, 0.3) is 5.91 Å². The Bertz CT molecular complexity index is 1310. The Morgan fingerprint density at radius 3 is 2.50 bits per heavy atom. The normalized spacial score (nSPS) is 18.8. The van der Waals surface area contributed by atoms with Crippen molar-refractivity contribution in [1.29, 1.82) is 0 Å². The van der Waals surface area contributed by atoms with Gasteiger partial charge in [-0.2, -0.15) is 0 Å². The molecule has 0 unspecified atom stereocenters. The molecule has 2 aromatic carbocycles. The Hall–Kier alpha value is -3.82. The zero-order chi connectivity index (χ0) is 25.2. The molecule has 3 aromatic rings. The van der Waals surface area contributed by atoms with Crippen LogP contribution in [0.4, 0.5) is 0 Å². The molecule has 1 aromatic heterocycles. The van der Waals surface area contributed by atoms with Gasteiger partial charge in [-0.1, -0.05) is 24.3 Å². The van der Waals surface area contributed by atoms with Gasteiger partial charge in [-0.25, -0.2) is 0 Å². The number of amides is 1. The predicted octanol–water partition coefficient (Wildman–Crippen LogP) is 3.36. The molecule has 36 heavy (non-hydrogen) atoms. The van der Waals surface area contributed by atoms with E-state index >= 15 is 0 Å². The number of rotatable bonds is 8. The highest BCUT2D eigenvalue weighted by molar-refractivity contribution is 6.16. The van der Waals surface area contributed by atoms with Crippen LogP contribution in [0.25, 0.3) is 11.0 Å². The smallest absolute Gasteiger partial charge is 0.290 e. The number of ketones is 1. The average molecular weight is 493 g/mol. The Morgan fingerprint density at radius 1 is 1.06 bits per heavy atom. The van der Waals surface area contributed by atoms with Crippen LogP contribution in [0.1, 0.15) is 22.2 Å². The first kappa shape index (κ1) is 23.9. The molecule has 3 heterocycles. The van der Waals surface area contributed by atoms with Gasteiger partial charge in [0.1, 0.15) is 5.75 Å². The van der Waals surface area contributed by atoms with Crippen LogP contribution < -0.4 is 9.47 Å². The third kappa shape index (κ3) is 4.31. The van der Waals surface area contributed by atoms with Crippen LogP contribution in [0.3, 0.4) is 0 Å². The van der Waals surface area contributed by atoms with Gasteiger partial charge >= 0.3 is 0 Å². The summed E-state index contributed by atoms with van der Waals surface area (Å²) in [5, 5.41) is 11.6. The number of nitrogens with zero attached hydrogens (tertiary/aromatic N) is 2. The van der Waals surface area contributed by atoms with Gasteiger partial charge in [0.2, 0.25) is 5.78 Å². The number of Topliss-reactive ketones (excluding diaryl/α,β-unsaturated/α-hetero) is 1. The van der Waals surface area contributed by atoms with Crippen LogP contribution in [0.15, 0.2) is 64.3 Å². The number of para-hydroxylation sites is 1. The molecular formula is C27H28N2O7. The summed E-state index contributed by atoms with van der Waals surface area (Å²) in [6.07, 6.45) is 0. The third-order valence-corrected chi connectivity index (χ3v) is 6.69. The van der Waals surface area contributed by atoms with Gasteiger partial charge < -0.3 is 28.6 Å². The maximum Gasteiger partial charge on any atom is 0.290 e. The molecule has 2 aliphatic heterocycles. The molecule has 9 nitrogen and oxygen atoms in total. The summed E-state index contributed by atoms with van der Waals surface area (Å²) < 4.78 is 21.9. The lowest BCUT2D eigenvalue weighted by Gasteiger charge is -2.31. The fourth-order valence-corrected chi connectivity index (χ4v) is 4.76. The Balaban J connectivity index is 1.51. The van der Waals surface area contributed by atoms with Crippen molar-refractivity contribution in [1.82, 2.24) is 9.80 Å².